The predicted molar refractivity (Wildman–Crippen MR) is 21.1 cm³/mol. The maximum Gasteiger partial charge on any atom is 0.193 e. The fraction of sp³-hybridized carbons (Fsp3) is 1.00. The van der Waals surface area contributed by atoms with Gasteiger partial charge in [-0.05, 0) is 13.0 Å². The van der Waals surface area contributed by atoms with Gasteiger partial charge in [0.25, 0.3) is 0 Å². The van der Waals surface area contributed by atoms with Crippen LogP contribution in [0.25, 0.3) is 0 Å². The van der Waals surface area contributed by atoms with Crippen LogP contribution in [0.4, 0.5) is 0 Å². The molecular weight excluding hydrogens is 68.1 g/mol. The molecule has 0 aliphatic rings. The Bertz CT molecular complexity index is 107. The van der Waals surface area contributed by atoms with Crippen molar-refractivity contribution in [3.8, 4) is 0 Å². The van der Waals surface area contributed by atoms with Crippen LogP contribution >= 0.6 is 0 Å². The zero-order valence-electron chi connectivity index (χ0n) is 8.12. The van der Waals surface area contributed by atoms with E-state index in [9.17, 15) is 0 Å². The van der Waals surface area contributed by atoms with Crippen LogP contribution in [0.3, 0.4) is 0 Å². The standard InChI is InChI=1S/C2H8OSi/c1-4(2)3/h3-4H,1-2H3/i1D,2D3,3D,4D. The van der Waals surface area contributed by atoms with Crippen molar-refractivity contribution >= 4 is 8.97 Å². The van der Waals surface area contributed by atoms with Crippen LogP contribution in [0, 0.1) is 0 Å². The quantitative estimate of drug-likeness (QED) is 0.440. The van der Waals surface area contributed by atoms with Crippen LogP contribution in [0.15, 0.2) is 0 Å². The van der Waals surface area contributed by atoms with Gasteiger partial charge in [0.1, 0.15) is 0 Å². The lowest BCUT2D eigenvalue weighted by molar-refractivity contribution is 0.587. The second-order valence-electron chi connectivity index (χ2n) is 0.423. The highest BCUT2D eigenvalue weighted by Gasteiger charge is 1.74. The normalized spacial score (nSPS) is 48.0. The molecule has 0 aromatic rings. The van der Waals surface area contributed by atoms with E-state index in [-0.39, 0.29) is 0 Å². The van der Waals surface area contributed by atoms with Crippen LogP contribution in [-0.2, 0) is 0 Å². The van der Waals surface area contributed by atoms with Crippen molar-refractivity contribution in [2.45, 2.75) is 13.0 Å². The largest absolute Gasteiger partial charge is 0.435 e. The summed E-state index contributed by atoms with van der Waals surface area (Å²) in [5, 5.41) is 0. The first kappa shape index (κ1) is 0.501. The summed E-state index contributed by atoms with van der Waals surface area (Å²) in [6, 6.07) is 0. The van der Waals surface area contributed by atoms with Crippen LogP contribution < -0.4 is 0 Å². The molecule has 4 heavy (non-hydrogen) atoms. The maximum absolute atomic E-state index is 7.05. The van der Waals surface area contributed by atoms with Gasteiger partial charge >= 0.3 is 0 Å². The molecule has 0 aromatic heterocycles. The minimum atomic E-state index is -3.82. The molecule has 0 spiro atoms. The number of hydrogen-bond donors (Lipinski definition) is 1. The number of rotatable bonds is 1. The Morgan fingerprint density at radius 1 is 2.75 bits per heavy atom. The Balaban J connectivity index is 4.33. The molecule has 0 amide bonds. The lowest BCUT2D eigenvalue weighted by Gasteiger charge is -1.76. The topological polar surface area (TPSA) is 20.2 Å². The third-order valence-corrected chi connectivity index (χ3v) is 0. The summed E-state index contributed by atoms with van der Waals surface area (Å²) in [6.07, 6.45) is 0. The van der Waals surface area contributed by atoms with Crippen LogP contribution in [0.5, 0.6) is 0 Å². The van der Waals surface area contributed by atoms with Gasteiger partial charge in [0.15, 0.2) is 10.4 Å². The molecule has 0 bridgehead atoms. The highest BCUT2D eigenvalue weighted by molar-refractivity contribution is 6.46. The van der Waals surface area contributed by atoms with Gasteiger partial charge in [-0.1, -0.05) is 0 Å². The van der Waals surface area contributed by atoms with Crippen molar-refractivity contribution in [2.75, 3.05) is 0 Å². The van der Waals surface area contributed by atoms with E-state index < -0.39 is 22.0 Å². The zero-order valence-corrected chi connectivity index (χ0v) is 3.12. The smallest absolute Gasteiger partial charge is 0.193 e. The van der Waals surface area contributed by atoms with Gasteiger partial charge < -0.3 is 4.80 Å². The third-order valence-electron chi connectivity index (χ3n) is 0. The van der Waals surface area contributed by atoms with Crippen molar-refractivity contribution < 1.29 is 10.3 Å². The first-order chi connectivity index (χ1) is 4.37. The summed E-state index contributed by atoms with van der Waals surface area (Å²) in [7, 11) is -3.82. The van der Waals surface area contributed by atoms with Crippen LogP contribution in [-0.4, -0.2) is 16.4 Å². The summed E-state index contributed by atoms with van der Waals surface area (Å²) >= 11 is 0. The summed E-state index contributed by atoms with van der Waals surface area (Å²) in [5.41, 5.74) is 0. The monoisotopic (exact) mass is 82.1 g/mol. The molecule has 26 valence electrons. The highest BCUT2D eigenvalue weighted by atomic mass is 28.3. The summed E-state index contributed by atoms with van der Waals surface area (Å²) < 4.78 is 40.2. The van der Waals surface area contributed by atoms with E-state index >= 15 is 0 Å². The Hall–Kier alpha value is 0.177. The average molecular weight is 82.2 g/mol. The van der Waals surface area contributed by atoms with Crippen molar-refractivity contribution in [1.82, 2.24) is 0 Å². The zero-order chi connectivity index (χ0) is 8.41. The fourth-order valence-electron chi connectivity index (χ4n) is 0. The highest BCUT2D eigenvalue weighted by Crippen LogP contribution is 1.60. The van der Waals surface area contributed by atoms with Crippen molar-refractivity contribution in [2.24, 2.45) is 0 Å². The third kappa shape index (κ3) is 96.4. The second-order valence-corrected chi connectivity index (χ2v) is 1.27. The Labute approximate surface area is 36.3 Å². The summed E-state index contributed by atoms with van der Waals surface area (Å²) in [6.45, 7) is -3.22. The lowest BCUT2D eigenvalue weighted by atomic mass is 11.9. The molecule has 0 aliphatic heterocycles. The summed E-state index contributed by atoms with van der Waals surface area (Å²) in [5.74, 6) is 0. The van der Waals surface area contributed by atoms with E-state index in [2.05, 4.69) is 4.80 Å². The lowest BCUT2D eigenvalue weighted by Crippen LogP contribution is -1.93. The molecule has 1 atom stereocenters. The molecule has 0 heterocycles. The average Bonchev–Trinajstić information content (AvgIpc) is 1.84. The molecule has 1 N–H and O–H groups in total. The second kappa shape index (κ2) is 1.49. The molecule has 0 saturated heterocycles. The molecule has 0 aromatic carbocycles. The SMILES string of the molecule is [2H]C[Si]([2H])(O[2H])C([2H])([2H])[2H]. The molecule has 0 radical (unpaired) electrons. The molecule has 0 aliphatic carbocycles. The fourth-order valence-corrected chi connectivity index (χ4v) is 0. The molecular formula is C2H8OSi. The van der Waals surface area contributed by atoms with Gasteiger partial charge in [-0.2, -0.15) is 0 Å². The van der Waals surface area contributed by atoms with Gasteiger partial charge in [-0.3, -0.25) is 0 Å². The van der Waals surface area contributed by atoms with E-state index in [1.165, 1.54) is 0 Å². The van der Waals surface area contributed by atoms with E-state index in [4.69, 9.17) is 8.15 Å². The van der Waals surface area contributed by atoms with Crippen molar-refractivity contribution in [3.63, 3.8) is 0 Å². The van der Waals surface area contributed by atoms with Gasteiger partial charge in [0, 0.05) is 6.72 Å². The molecule has 0 fully saturated rings. The van der Waals surface area contributed by atoms with E-state index in [0.29, 0.717) is 0 Å². The summed E-state index contributed by atoms with van der Waals surface area (Å²) in [4.78, 5) is 3.76. The molecule has 1 nitrogen and oxygen atoms in total. The minimum absolute atomic E-state index is 0.632. The molecule has 1 unspecified atom stereocenters. The molecule has 0 rings (SSSR count). The molecule has 2 heteroatoms. The van der Waals surface area contributed by atoms with E-state index in [1.807, 2.05) is 0 Å². The predicted octanol–water partition coefficient (Wildman–Crippen LogP) is -0.0379. The van der Waals surface area contributed by atoms with Crippen molar-refractivity contribution in [1.29, 1.82) is 2.67 Å². The Morgan fingerprint density at radius 2 is 3.75 bits per heavy atom. The number of hydrogen-bond acceptors (Lipinski definition) is 1. The van der Waals surface area contributed by atoms with E-state index in [0.717, 1.165) is 0 Å². The first-order valence-electron chi connectivity index (χ1n) is 3.92. The van der Waals surface area contributed by atoms with Gasteiger partial charge in [0.05, 0.1) is 0 Å². The van der Waals surface area contributed by atoms with Gasteiger partial charge in [-0.25, -0.2) is 0 Å². The van der Waals surface area contributed by atoms with E-state index in [1.54, 1.807) is 0 Å². The van der Waals surface area contributed by atoms with Crippen LogP contribution in [0.2, 0.25) is 13.0 Å². The van der Waals surface area contributed by atoms with Gasteiger partial charge in [0.2, 0.25) is 0 Å². The van der Waals surface area contributed by atoms with Crippen LogP contribution in [0.1, 0.15) is 5.48 Å². The molecule has 0 saturated carbocycles. The first-order valence-corrected chi connectivity index (χ1v) is 2.42. The van der Waals surface area contributed by atoms with Gasteiger partial charge in [-0.15, -0.1) is 0 Å². The Kier molecular flexibility index (Phi) is 0.187. The van der Waals surface area contributed by atoms with Crippen molar-refractivity contribution in [3.05, 3.63) is 0 Å². The maximum atomic E-state index is 7.05. The Morgan fingerprint density at radius 3 is 3.75 bits per heavy atom. The minimum Gasteiger partial charge on any atom is -0.435 e.